The molecular weight excluding hydrogens is 382 g/mol. The average molecular weight is 426 g/mol. The van der Waals surface area contributed by atoms with E-state index in [1.807, 2.05) is 0 Å². The summed E-state index contributed by atoms with van der Waals surface area (Å²) in [5.41, 5.74) is 0. The molecule has 28 heavy (non-hydrogen) atoms. The van der Waals surface area contributed by atoms with Gasteiger partial charge in [-0.15, -0.1) is 0 Å². The van der Waals surface area contributed by atoms with E-state index in [0.29, 0.717) is 12.6 Å². The summed E-state index contributed by atoms with van der Waals surface area (Å²) in [5.74, 6) is 0. The largest absolute Gasteiger partial charge is 0.426 e. The van der Waals surface area contributed by atoms with Crippen molar-refractivity contribution in [3.63, 3.8) is 0 Å². The van der Waals surface area contributed by atoms with Crippen LogP contribution in [0.1, 0.15) is 91.4 Å². The first-order valence-electron chi connectivity index (χ1n) is 11.1. The SMILES string of the molecule is CCCCCCCCCCCCNC(CC)COCCOOS(=O)(=O)OCC. The Morgan fingerprint density at radius 2 is 1.43 bits per heavy atom. The predicted octanol–water partition coefficient (Wildman–Crippen LogP) is 4.52. The third kappa shape index (κ3) is 19.1. The van der Waals surface area contributed by atoms with Gasteiger partial charge in [0.2, 0.25) is 0 Å². The Labute approximate surface area is 173 Å². The topological polar surface area (TPSA) is 83.1 Å². The smallest absolute Gasteiger partial charge is 0.377 e. The van der Waals surface area contributed by atoms with Gasteiger partial charge in [-0.1, -0.05) is 76.0 Å². The molecule has 0 spiro atoms. The number of rotatable bonds is 22. The quantitative estimate of drug-likeness (QED) is 0.155. The molecule has 0 aromatic carbocycles. The second-order valence-corrected chi connectivity index (χ2v) is 8.21. The molecule has 0 bridgehead atoms. The highest BCUT2D eigenvalue weighted by molar-refractivity contribution is 7.81. The highest BCUT2D eigenvalue weighted by atomic mass is 32.3. The molecular formula is C20H43NO6S. The molecule has 1 N–H and O–H groups in total. The summed E-state index contributed by atoms with van der Waals surface area (Å²) < 4.78 is 36.2. The van der Waals surface area contributed by atoms with E-state index in [0.717, 1.165) is 13.0 Å². The maximum atomic E-state index is 11.1. The van der Waals surface area contributed by atoms with Crippen LogP contribution in [0, 0.1) is 0 Å². The molecule has 170 valence electrons. The summed E-state index contributed by atoms with van der Waals surface area (Å²) in [6, 6.07) is 0.298. The number of ether oxygens (including phenoxy) is 1. The van der Waals surface area contributed by atoms with E-state index in [4.69, 9.17) is 4.74 Å². The Morgan fingerprint density at radius 3 is 2.00 bits per heavy atom. The van der Waals surface area contributed by atoms with E-state index >= 15 is 0 Å². The van der Waals surface area contributed by atoms with Crippen molar-refractivity contribution < 1.29 is 26.6 Å². The van der Waals surface area contributed by atoms with Gasteiger partial charge in [0.25, 0.3) is 0 Å². The Balaban J connectivity index is 3.45. The van der Waals surface area contributed by atoms with Crippen LogP contribution < -0.4 is 5.32 Å². The van der Waals surface area contributed by atoms with E-state index in [-0.39, 0.29) is 19.8 Å². The highest BCUT2D eigenvalue weighted by Crippen LogP contribution is 2.10. The van der Waals surface area contributed by atoms with Crippen LogP contribution in [0.4, 0.5) is 0 Å². The van der Waals surface area contributed by atoms with E-state index in [1.165, 1.54) is 64.2 Å². The summed E-state index contributed by atoms with van der Waals surface area (Å²) in [5, 5.41) is 3.51. The number of hydrogen-bond acceptors (Lipinski definition) is 7. The predicted molar refractivity (Wildman–Crippen MR) is 112 cm³/mol. The lowest BCUT2D eigenvalue weighted by molar-refractivity contribution is -0.217. The van der Waals surface area contributed by atoms with Gasteiger partial charge < -0.3 is 10.1 Å². The third-order valence-corrected chi connectivity index (χ3v) is 5.27. The number of nitrogens with one attached hydrogen (secondary N) is 1. The molecule has 0 aromatic heterocycles. The zero-order valence-corrected chi connectivity index (χ0v) is 19.1. The summed E-state index contributed by atoms with van der Waals surface area (Å²) in [6.07, 6.45) is 14.4. The lowest BCUT2D eigenvalue weighted by Crippen LogP contribution is -2.34. The average Bonchev–Trinajstić information content (AvgIpc) is 2.67. The van der Waals surface area contributed by atoms with Crippen molar-refractivity contribution in [1.82, 2.24) is 5.32 Å². The van der Waals surface area contributed by atoms with Crippen molar-refractivity contribution in [3.8, 4) is 0 Å². The van der Waals surface area contributed by atoms with E-state index in [1.54, 1.807) is 6.92 Å². The van der Waals surface area contributed by atoms with Gasteiger partial charge in [-0.05, 0) is 26.3 Å². The summed E-state index contributed by atoms with van der Waals surface area (Å²) in [4.78, 5) is 4.58. The molecule has 0 aliphatic heterocycles. The summed E-state index contributed by atoms with van der Waals surface area (Å²) >= 11 is 0. The van der Waals surface area contributed by atoms with Crippen LogP contribution in [0.2, 0.25) is 0 Å². The van der Waals surface area contributed by atoms with E-state index < -0.39 is 10.4 Å². The maximum absolute atomic E-state index is 11.1. The molecule has 1 unspecified atom stereocenters. The molecule has 7 nitrogen and oxygen atoms in total. The Morgan fingerprint density at radius 1 is 0.821 bits per heavy atom. The molecule has 8 heteroatoms. The molecule has 0 amide bonds. The lowest BCUT2D eigenvalue weighted by Gasteiger charge is -2.17. The van der Waals surface area contributed by atoms with Crippen LogP contribution in [0.5, 0.6) is 0 Å². The standard InChI is InChI=1S/C20H43NO6S/c1-4-7-8-9-10-11-12-13-14-15-16-21-20(5-2)19-24-17-18-25-27-28(22,23)26-6-3/h20-21H,4-19H2,1-3H3. The first-order valence-corrected chi connectivity index (χ1v) is 12.4. The van der Waals surface area contributed by atoms with Gasteiger partial charge >= 0.3 is 10.4 Å². The van der Waals surface area contributed by atoms with Gasteiger partial charge in [-0.25, -0.2) is 9.07 Å². The molecule has 0 heterocycles. The van der Waals surface area contributed by atoms with E-state index in [9.17, 15) is 8.42 Å². The van der Waals surface area contributed by atoms with Crippen molar-refractivity contribution in [1.29, 1.82) is 0 Å². The zero-order chi connectivity index (χ0) is 20.9. The first-order chi connectivity index (χ1) is 13.6. The maximum Gasteiger partial charge on any atom is 0.426 e. The second-order valence-electron chi connectivity index (χ2n) is 7.02. The minimum absolute atomic E-state index is 0.00505. The van der Waals surface area contributed by atoms with Gasteiger partial charge in [0.15, 0.2) is 0 Å². The number of unbranched alkanes of at least 4 members (excludes halogenated alkanes) is 9. The first kappa shape index (κ1) is 27.8. The van der Waals surface area contributed by atoms with Crippen LogP contribution in [-0.2, 0) is 28.5 Å². The van der Waals surface area contributed by atoms with Gasteiger partial charge in [0.1, 0.15) is 6.61 Å². The molecule has 0 aliphatic rings. The Kier molecular flexibility index (Phi) is 19.9. The molecule has 1 atom stereocenters. The van der Waals surface area contributed by atoms with Gasteiger partial charge in [0.05, 0.1) is 19.8 Å². The van der Waals surface area contributed by atoms with Crippen LogP contribution in [0.15, 0.2) is 0 Å². The van der Waals surface area contributed by atoms with Crippen molar-refractivity contribution in [2.24, 2.45) is 0 Å². The summed E-state index contributed by atoms with van der Waals surface area (Å²) in [6.45, 7) is 7.79. The van der Waals surface area contributed by atoms with Gasteiger partial charge in [-0.2, -0.15) is 8.42 Å². The van der Waals surface area contributed by atoms with Crippen LogP contribution in [-0.4, -0.2) is 47.4 Å². The molecule has 0 saturated heterocycles. The highest BCUT2D eigenvalue weighted by Gasteiger charge is 2.11. The van der Waals surface area contributed by atoms with Crippen molar-refractivity contribution in [2.75, 3.05) is 33.0 Å². The molecule has 0 aromatic rings. The Hall–Kier alpha value is -0.250. The third-order valence-electron chi connectivity index (χ3n) is 4.48. The van der Waals surface area contributed by atoms with Crippen molar-refractivity contribution in [2.45, 2.75) is 97.4 Å². The van der Waals surface area contributed by atoms with Gasteiger partial charge in [0, 0.05) is 6.04 Å². The van der Waals surface area contributed by atoms with Crippen LogP contribution >= 0.6 is 0 Å². The molecule has 0 rings (SSSR count). The minimum Gasteiger partial charge on any atom is -0.377 e. The molecule has 0 fully saturated rings. The fourth-order valence-corrected chi connectivity index (χ4v) is 3.33. The van der Waals surface area contributed by atoms with Crippen molar-refractivity contribution >= 4 is 10.4 Å². The fourth-order valence-electron chi connectivity index (χ4n) is 2.82. The summed E-state index contributed by atoms with van der Waals surface area (Å²) in [7, 11) is -4.06. The molecule has 0 aliphatic carbocycles. The Bertz CT molecular complexity index is 419. The zero-order valence-electron chi connectivity index (χ0n) is 18.2. The lowest BCUT2D eigenvalue weighted by atomic mass is 10.1. The van der Waals surface area contributed by atoms with Crippen LogP contribution in [0.3, 0.4) is 0 Å². The fraction of sp³-hybridized carbons (Fsp3) is 1.00. The van der Waals surface area contributed by atoms with Crippen LogP contribution in [0.25, 0.3) is 0 Å². The molecule has 0 radical (unpaired) electrons. The van der Waals surface area contributed by atoms with E-state index in [2.05, 4.69) is 32.6 Å². The number of hydrogen-bond donors (Lipinski definition) is 1. The second kappa shape index (κ2) is 20.0. The molecule has 0 saturated carbocycles. The monoisotopic (exact) mass is 425 g/mol. The van der Waals surface area contributed by atoms with Gasteiger partial charge in [-0.3, -0.25) is 0 Å². The normalized spacial score (nSPS) is 13.1. The van der Waals surface area contributed by atoms with Crippen molar-refractivity contribution in [3.05, 3.63) is 0 Å². The minimum atomic E-state index is -4.06.